The largest absolute Gasteiger partial charge is 0.321 e. The summed E-state index contributed by atoms with van der Waals surface area (Å²) in [5.74, 6) is 0.948. The van der Waals surface area contributed by atoms with E-state index in [0.717, 1.165) is 21.9 Å². The van der Waals surface area contributed by atoms with Gasteiger partial charge in [-0.1, -0.05) is 11.6 Å². The van der Waals surface area contributed by atoms with Crippen molar-refractivity contribution in [2.45, 2.75) is 37.6 Å². The van der Waals surface area contributed by atoms with Crippen LogP contribution in [-0.2, 0) is 5.54 Å². The highest BCUT2D eigenvalue weighted by Crippen LogP contribution is 2.47. The maximum absolute atomic E-state index is 6.24. The fourth-order valence-electron chi connectivity index (χ4n) is 2.31. The predicted molar refractivity (Wildman–Crippen MR) is 71.9 cm³/mol. The third-order valence-electron chi connectivity index (χ3n) is 3.51. The molecule has 2 aromatic rings. The van der Waals surface area contributed by atoms with Crippen LogP contribution in [0.3, 0.4) is 0 Å². The Kier molecular flexibility index (Phi) is 2.43. The Morgan fingerprint density at radius 2 is 2.12 bits per heavy atom. The molecule has 1 heterocycles. The van der Waals surface area contributed by atoms with Crippen molar-refractivity contribution in [1.29, 1.82) is 0 Å². The minimum atomic E-state index is -0.0846. The fraction of sp³-hybridized carbons (Fsp3) is 0.462. The molecule has 3 rings (SSSR count). The lowest BCUT2D eigenvalue weighted by Gasteiger charge is -2.17. The zero-order valence-corrected chi connectivity index (χ0v) is 11.4. The van der Waals surface area contributed by atoms with Crippen LogP contribution in [0.15, 0.2) is 18.2 Å². The van der Waals surface area contributed by atoms with Gasteiger partial charge in [-0.2, -0.15) is 0 Å². The summed E-state index contributed by atoms with van der Waals surface area (Å²) in [7, 11) is 0. The molecule has 0 saturated heterocycles. The zero-order chi connectivity index (χ0) is 12.2. The Hall–Kier alpha value is -0.730. The lowest BCUT2D eigenvalue weighted by atomic mass is 10.2. The van der Waals surface area contributed by atoms with E-state index in [-0.39, 0.29) is 10.9 Å². The van der Waals surface area contributed by atoms with Crippen molar-refractivity contribution < 1.29 is 0 Å². The van der Waals surface area contributed by atoms with E-state index >= 15 is 0 Å². The van der Waals surface area contributed by atoms with Gasteiger partial charge in [-0.3, -0.25) is 0 Å². The molecule has 0 spiro atoms. The van der Waals surface area contributed by atoms with Gasteiger partial charge in [0, 0.05) is 10.6 Å². The normalized spacial score (nSPS) is 19.5. The molecule has 1 saturated carbocycles. The van der Waals surface area contributed by atoms with Gasteiger partial charge in [-0.25, -0.2) is 4.98 Å². The van der Waals surface area contributed by atoms with Crippen LogP contribution in [0.1, 0.15) is 37.9 Å². The number of nitrogens with zero attached hydrogens (tertiary/aromatic N) is 2. The summed E-state index contributed by atoms with van der Waals surface area (Å²) in [5, 5.41) is 0.662. The molecule has 1 aromatic heterocycles. The van der Waals surface area contributed by atoms with Crippen molar-refractivity contribution in [3.63, 3.8) is 0 Å². The van der Waals surface area contributed by atoms with E-state index in [4.69, 9.17) is 23.2 Å². The van der Waals surface area contributed by atoms with Crippen LogP contribution in [0.2, 0.25) is 5.02 Å². The second-order valence-corrected chi connectivity index (χ2v) is 6.14. The highest BCUT2D eigenvalue weighted by molar-refractivity contribution is 6.31. The lowest BCUT2D eigenvalue weighted by molar-refractivity contribution is 0.522. The smallest absolute Gasteiger partial charge is 0.128 e. The molecule has 0 bridgehead atoms. The minimum Gasteiger partial charge on any atom is -0.321 e. The number of fused-ring (bicyclic) bond motifs is 1. The molecule has 1 atom stereocenters. The summed E-state index contributed by atoms with van der Waals surface area (Å²) in [6.45, 7) is 4.21. The molecule has 1 unspecified atom stereocenters. The topological polar surface area (TPSA) is 17.8 Å². The van der Waals surface area contributed by atoms with Crippen molar-refractivity contribution in [2.75, 3.05) is 0 Å². The predicted octanol–water partition coefficient (Wildman–Crippen LogP) is 4.50. The van der Waals surface area contributed by atoms with Crippen LogP contribution in [-0.4, -0.2) is 9.55 Å². The second kappa shape index (κ2) is 3.63. The molecule has 0 amide bonds. The third-order valence-corrected chi connectivity index (χ3v) is 3.94. The van der Waals surface area contributed by atoms with Crippen LogP contribution in [0.5, 0.6) is 0 Å². The average molecular weight is 269 g/mol. The number of aromatic nitrogens is 2. The van der Waals surface area contributed by atoms with Gasteiger partial charge in [0.15, 0.2) is 0 Å². The summed E-state index contributed by atoms with van der Waals surface area (Å²) in [6.07, 6.45) is 2.36. The first-order chi connectivity index (χ1) is 8.01. The molecule has 0 N–H and O–H groups in total. The van der Waals surface area contributed by atoms with Gasteiger partial charge in [0.2, 0.25) is 0 Å². The van der Waals surface area contributed by atoms with Crippen LogP contribution < -0.4 is 0 Å². The van der Waals surface area contributed by atoms with Gasteiger partial charge in [0.25, 0.3) is 0 Å². The molecule has 1 aromatic carbocycles. The first-order valence-corrected chi connectivity index (χ1v) is 6.65. The number of alkyl halides is 1. The van der Waals surface area contributed by atoms with E-state index in [0.29, 0.717) is 0 Å². The van der Waals surface area contributed by atoms with E-state index < -0.39 is 0 Å². The van der Waals surface area contributed by atoms with Crippen molar-refractivity contribution in [3.05, 3.63) is 29.0 Å². The first-order valence-electron chi connectivity index (χ1n) is 5.84. The molecule has 17 heavy (non-hydrogen) atoms. The maximum Gasteiger partial charge on any atom is 0.128 e. The minimum absolute atomic E-state index is 0.0846. The number of hydrogen-bond donors (Lipinski definition) is 0. The summed E-state index contributed by atoms with van der Waals surface area (Å²) < 4.78 is 2.27. The van der Waals surface area contributed by atoms with E-state index in [1.165, 1.54) is 12.8 Å². The lowest BCUT2D eigenvalue weighted by Crippen LogP contribution is -2.16. The standard InChI is InChI=1S/C13H14Cl2N2/c1-8(14)12-16-10-4-3-9(15)7-11(10)17(12)13(2)5-6-13/h3-4,7-8H,5-6H2,1-2H3. The van der Waals surface area contributed by atoms with E-state index in [9.17, 15) is 0 Å². The molecule has 1 fully saturated rings. The summed E-state index contributed by atoms with van der Waals surface area (Å²) in [5.41, 5.74) is 2.25. The van der Waals surface area contributed by atoms with Gasteiger partial charge < -0.3 is 4.57 Å². The van der Waals surface area contributed by atoms with Gasteiger partial charge in [-0.15, -0.1) is 11.6 Å². The second-order valence-electron chi connectivity index (χ2n) is 5.05. The summed E-state index contributed by atoms with van der Waals surface area (Å²) >= 11 is 12.3. The van der Waals surface area contributed by atoms with Crippen LogP contribution >= 0.6 is 23.2 Å². The van der Waals surface area contributed by atoms with E-state index in [1.807, 2.05) is 25.1 Å². The Morgan fingerprint density at radius 1 is 1.41 bits per heavy atom. The quantitative estimate of drug-likeness (QED) is 0.734. The molecular weight excluding hydrogens is 255 g/mol. The summed E-state index contributed by atoms with van der Waals surface area (Å²) in [6, 6.07) is 5.82. The van der Waals surface area contributed by atoms with Crippen molar-refractivity contribution in [1.82, 2.24) is 9.55 Å². The van der Waals surface area contributed by atoms with Gasteiger partial charge >= 0.3 is 0 Å². The monoisotopic (exact) mass is 268 g/mol. The Balaban J connectivity index is 2.33. The molecular formula is C13H14Cl2N2. The number of benzene rings is 1. The molecule has 1 aliphatic carbocycles. The van der Waals surface area contributed by atoms with Crippen molar-refractivity contribution in [2.24, 2.45) is 0 Å². The van der Waals surface area contributed by atoms with Crippen molar-refractivity contribution in [3.8, 4) is 0 Å². The number of imidazole rings is 1. The Labute approximate surface area is 111 Å². The first kappa shape index (κ1) is 11.4. The molecule has 90 valence electrons. The SMILES string of the molecule is CC(Cl)c1nc2ccc(Cl)cc2n1C1(C)CC1. The number of halogens is 2. The molecule has 2 nitrogen and oxygen atoms in total. The molecule has 0 radical (unpaired) electrons. The highest BCUT2D eigenvalue weighted by atomic mass is 35.5. The van der Waals surface area contributed by atoms with Crippen LogP contribution in [0.25, 0.3) is 11.0 Å². The Bertz CT molecular complexity index is 582. The highest BCUT2D eigenvalue weighted by Gasteiger charge is 2.42. The number of rotatable bonds is 2. The average Bonchev–Trinajstić information content (AvgIpc) is 2.88. The van der Waals surface area contributed by atoms with E-state index in [2.05, 4.69) is 16.5 Å². The van der Waals surface area contributed by atoms with Gasteiger partial charge in [0.1, 0.15) is 5.82 Å². The summed E-state index contributed by atoms with van der Waals surface area (Å²) in [4.78, 5) is 4.63. The fourth-order valence-corrected chi connectivity index (χ4v) is 2.62. The van der Waals surface area contributed by atoms with Gasteiger partial charge in [0.05, 0.1) is 16.4 Å². The molecule has 0 aliphatic heterocycles. The van der Waals surface area contributed by atoms with Crippen LogP contribution in [0.4, 0.5) is 0 Å². The molecule has 1 aliphatic rings. The van der Waals surface area contributed by atoms with Crippen molar-refractivity contribution >= 4 is 34.2 Å². The molecule has 4 heteroatoms. The third kappa shape index (κ3) is 1.74. The number of hydrogen-bond acceptors (Lipinski definition) is 1. The maximum atomic E-state index is 6.24. The van der Waals surface area contributed by atoms with Gasteiger partial charge in [-0.05, 0) is 44.9 Å². The zero-order valence-electron chi connectivity index (χ0n) is 9.87. The Morgan fingerprint density at radius 3 is 2.71 bits per heavy atom. The van der Waals surface area contributed by atoms with E-state index in [1.54, 1.807) is 0 Å². The van der Waals surface area contributed by atoms with Crippen LogP contribution in [0, 0.1) is 0 Å².